The molecule has 5 nitrogen and oxygen atoms in total. The van der Waals surface area contributed by atoms with Crippen molar-refractivity contribution in [3.63, 3.8) is 0 Å². The van der Waals surface area contributed by atoms with Crippen molar-refractivity contribution in [1.82, 2.24) is 4.98 Å². The fraction of sp³-hybridized carbons (Fsp3) is 0.200. The Labute approximate surface area is 116 Å². The lowest BCUT2D eigenvalue weighted by Gasteiger charge is -2.11. The summed E-state index contributed by atoms with van der Waals surface area (Å²) < 4.78 is 5.20. The number of anilines is 1. The standard InChI is InChI=1S/C15H16N2O3/c1-9-4-5-13(20-3)11(6-9)17-15(19)12-7-10(2)8-14(18)16-12/h4-8H,1-3H3,(H,16,18)(H,17,19). The number of H-pyrrole nitrogens is 1. The Balaban J connectivity index is 2.32. The number of aromatic amines is 1. The molecule has 0 radical (unpaired) electrons. The van der Waals surface area contributed by atoms with E-state index in [1.54, 1.807) is 19.1 Å². The predicted molar refractivity (Wildman–Crippen MR) is 77.5 cm³/mol. The molecule has 1 aromatic heterocycles. The summed E-state index contributed by atoms with van der Waals surface area (Å²) in [5.74, 6) is 0.189. The molecule has 5 heteroatoms. The van der Waals surface area contributed by atoms with Gasteiger partial charge in [-0.1, -0.05) is 6.07 Å². The second-order valence-corrected chi connectivity index (χ2v) is 4.59. The van der Waals surface area contributed by atoms with Crippen LogP contribution in [0.25, 0.3) is 0 Å². The number of benzene rings is 1. The predicted octanol–water partition coefficient (Wildman–Crippen LogP) is 2.25. The van der Waals surface area contributed by atoms with Crippen LogP contribution >= 0.6 is 0 Å². The zero-order valence-corrected chi connectivity index (χ0v) is 11.6. The van der Waals surface area contributed by atoms with E-state index in [4.69, 9.17) is 4.74 Å². The van der Waals surface area contributed by atoms with Crippen LogP contribution in [0.1, 0.15) is 21.6 Å². The lowest BCUT2D eigenvalue weighted by atomic mass is 10.2. The van der Waals surface area contributed by atoms with Crippen molar-refractivity contribution in [2.75, 3.05) is 12.4 Å². The maximum Gasteiger partial charge on any atom is 0.272 e. The van der Waals surface area contributed by atoms with E-state index in [9.17, 15) is 9.59 Å². The summed E-state index contributed by atoms with van der Waals surface area (Å²) in [4.78, 5) is 26.1. The van der Waals surface area contributed by atoms with Gasteiger partial charge in [-0.2, -0.15) is 0 Å². The molecule has 20 heavy (non-hydrogen) atoms. The molecule has 0 atom stereocenters. The Bertz CT molecular complexity index is 705. The third-order valence-electron chi connectivity index (χ3n) is 2.84. The molecule has 1 aromatic carbocycles. The van der Waals surface area contributed by atoms with Gasteiger partial charge in [-0.15, -0.1) is 0 Å². The van der Waals surface area contributed by atoms with Gasteiger partial charge in [0.15, 0.2) is 0 Å². The molecule has 2 rings (SSSR count). The van der Waals surface area contributed by atoms with Gasteiger partial charge in [0.1, 0.15) is 11.4 Å². The number of nitrogens with one attached hydrogen (secondary N) is 2. The molecule has 104 valence electrons. The molecule has 0 aliphatic rings. The minimum absolute atomic E-state index is 0.221. The number of carbonyl (C=O) groups excluding carboxylic acids is 1. The SMILES string of the molecule is COc1ccc(C)cc1NC(=O)c1cc(C)cc(=O)[nH]1. The second-order valence-electron chi connectivity index (χ2n) is 4.59. The number of aromatic nitrogens is 1. The molecule has 2 aromatic rings. The van der Waals surface area contributed by atoms with Crippen LogP contribution in [0.15, 0.2) is 35.1 Å². The molecule has 0 unspecified atom stereocenters. The molecule has 0 aliphatic carbocycles. The van der Waals surface area contributed by atoms with Crippen molar-refractivity contribution in [2.45, 2.75) is 13.8 Å². The first kappa shape index (κ1) is 13.9. The first-order valence-corrected chi connectivity index (χ1v) is 6.16. The number of pyridine rings is 1. The van der Waals surface area contributed by atoms with Gasteiger partial charge in [0.25, 0.3) is 5.91 Å². The molecule has 0 spiro atoms. The minimum Gasteiger partial charge on any atom is -0.495 e. The highest BCUT2D eigenvalue weighted by Gasteiger charge is 2.11. The molecular weight excluding hydrogens is 256 g/mol. The number of aryl methyl sites for hydroxylation is 2. The first-order valence-electron chi connectivity index (χ1n) is 6.16. The zero-order valence-electron chi connectivity index (χ0n) is 11.6. The highest BCUT2D eigenvalue weighted by molar-refractivity contribution is 6.03. The van der Waals surface area contributed by atoms with Gasteiger partial charge in [-0.3, -0.25) is 9.59 Å². The Kier molecular flexibility index (Phi) is 3.89. The van der Waals surface area contributed by atoms with E-state index in [0.717, 1.165) is 11.1 Å². The number of hydrogen-bond donors (Lipinski definition) is 2. The molecule has 2 N–H and O–H groups in total. The number of methoxy groups -OCH3 is 1. The normalized spacial score (nSPS) is 10.2. The molecule has 0 fully saturated rings. The van der Waals surface area contributed by atoms with Crippen LogP contribution < -0.4 is 15.6 Å². The summed E-state index contributed by atoms with van der Waals surface area (Å²) in [5, 5.41) is 2.74. The Morgan fingerprint density at radius 3 is 2.55 bits per heavy atom. The topological polar surface area (TPSA) is 71.2 Å². The van der Waals surface area contributed by atoms with Crippen molar-refractivity contribution in [3.05, 3.63) is 57.5 Å². The van der Waals surface area contributed by atoms with Crippen LogP contribution in [0.5, 0.6) is 5.75 Å². The van der Waals surface area contributed by atoms with E-state index in [-0.39, 0.29) is 17.2 Å². The Morgan fingerprint density at radius 2 is 1.90 bits per heavy atom. The largest absolute Gasteiger partial charge is 0.495 e. The fourth-order valence-electron chi connectivity index (χ4n) is 1.91. The minimum atomic E-state index is -0.380. The average molecular weight is 272 g/mol. The van der Waals surface area contributed by atoms with Crippen LogP contribution in [0.4, 0.5) is 5.69 Å². The van der Waals surface area contributed by atoms with E-state index < -0.39 is 0 Å². The number of rotatable bonds is 3. The summed E-state index contributed by atoms with van der Waals surface area (Å²) in [6, 6.07) is 8.54. The number of amides is 1. The maximum atomic E-state index is 12.2. The highest BCUT2D eigenvalue weighted by atomic mass is 16.5. The van der Waals surface area contributed by atoms with Gasteiger partial charge in [0.05, 0.1) is 12.8 Å². The van der Waals surface area contributed by atoms with E-state index in [1.165, 1.54) is 13.2 Å². The van der Waals surface area contributed by atoms with Gasteiger partial charge in [-0.05, 0) is 43.2 Å². The summed E-state index contributed by atoms with van der Waals surface area (Å²) in [6.07, 6.45) is 0. The molecule has 0 aliphatic heterocycles. The summed E-state index contributed by atoms with van der Waals surface area (Å²) >= 11 is 0. The monoisotopic (exact) mass is 272 g/mol. The molecule has 1 amide bonds. The smallest absolute Gasteiger partial charge is 0.272 e. The third-order valence-corrected chi connectivity index (χ3v) is 2.84. The average Bonchev–Trinajstić information content (AvgIpc) is 2.37. The second kappa shape index (κ2) is 5.61. The summed E-state index contributed by atoms with van der Waals surface area (Å²) in [7, 11) is 1.54. The maximum absolute atomic E-state index is 12.2. The van der Waals surface area contributed by atoms with Crippen LogP contribution in [0.3, 0.4) is 0 Å². The quantitative estimate of drug-likeness (QED) is 0.900. The first-order chi connectivity index (χ1) is 9.49. The van der Waals surface area contributed by atoms with Crippen LogP contribution in [0, 0.1) is 13.8 Å². The van der Waals surface area contributed by atoms with Crippen LogP contribution in [-0.4, -0.2) is 18.0 Å². The van der Waals surface area contributed by atoms with Gasteiger partial charge in [0.2, 0.25) is 5.56 Å². The van der Waals surface area contributed by atoms with Crippen molar-refractivity contribution in [3.8, 4) is 5.75 Å². The molecule has 0 saturated heterocycles. The van der Waals surface area contributed by atoms with E-state index in [0.29, 0.717) is 11.4 Å². The van der Waals surface area contributed by atoms with Gasteiger partial charge in [0, 0.05) is 6.07 Å². The van der Waals surface area contributed by atoms with Crippen LogP contribution in [0.2, 0.25) is 0 Å². The molecule has 0 saturated carbocycles. The van der Waals surface area contributed by atoms with Crippen LogP contribution in [-0.2, 0) is 0 Å². The number of ether oxygens (including phenoxy) is 1. The zero-order chi connectivity index (χ0) is 14.7. The summed E-state index contributed by atoms with van der Waals surface area (Å²) in [6.45, 7) is 3.68. The Hall–Kier alpha value is -2.56. The van der Waals surface area contributed by atoms with E-state index in [2.05, 4.69) is 10.3 Å². The summed E-state index contributed by atoms with van der Waals surface area (Å²) in [5.41, 5.74) is 2.22. The van der Waals surface area contributed by atoms with Gasteiger partial charge >= 0.3 is 0 Å². The van der Waals surface area contributed by atoms with Crippen molar-refractivity contribution < 1.29 is 9.53 Å². The molecular formula is C15H16N2O3. The van der Waals surface area contributed by atoms with E-state index in [1.807, 2.05) is 19.1 Å². The lowest BCUT2D eigenvalue weighted by molar-refractivity contribution is 0.102. The van der Waals surface area contributed by atoms with Crippen molar-refractivity contribution >= 4 is 11.6 Å². The fourth-order valence-corrected chi connectivity index (χ4v) is 1.91. The molecule has 1 heterocycles. The van der Waals surface area contributed by atoms with E-state index >= 15 is 0 Å². The Morgan fingerprint density at radius 1 is 1.15 bits per heavy atom. The van der Waals surface area contributed by atoms with Gasteiger partial charge < -0.3 is 15.0 Å². The third kappa shape index (κ3) is 3.06. The van der Waals surface area contributed by atoms with Crippen molar-refractivity contribution in [2.24, 2.45) is 0 Å². The highest BCUT2D eigenvalue weighted by Crippen LogP contribution is 2.25. The number of hydrogen-bond acceptors (Lipinski definition) is 3. The number of carbonyl (C=O) groups is 1. The van der Waals surface area contributed by atoms with Crippen molar-refractivity contribution in [1.29, 1.82) is 0 Å². The molecule has 0 bridgehead atoms. The lowest BCUT2D eigenvalue weighted by Crippen LogP contribution is -2.19. The van der Waals surface area contributed by atoms with Gasteiger partial charge in [-0.25, -0.2) is 0 Å².